The first kappa shape index (κ1) is 14.3. The van der Waals surface area contributed by atoms with Gasteiger partial charge >= 0.3 is 0 Å². The van der Waals surface area contributed by atoms with E-state index in [1.165, 1.54) is 19.3 Å². The van der Waals surface area contributed by atoms with Crippen molar-refractivity contribution in [2.45, 2.75) is 45.1 Å². The van der Waals surface area contributed by atoms with Gasteiger partial charge in [0.25, 0.3) is 5.69 Å². The standard InChI is InChI=1S/C14H19BrN2O2/c1-10-3-2-4-12(7-5-10)16-13-9-11(15)6-8-14(13)17(18)19/h6,8-10,12,16H,2-5,7H2,1H3. The molecular formula is C14H19BrN2O2. The molecule has 0 radical (unpaired) electrons. The summed E-state index contributed by atoms with van der Waals surface area (Å²) in [5.74, 6) is 0.768. The predicted octanol–water partition coefficient (Wildman–Crippen LogP) is 4.74. The van der Waals surface area contributed by atoms with Crippen LogP contribution in [0.2, 0.25) is 0 Å². The minimum atomic E-state index is -0.325. The van der Waals surface area contributed by atoms with Gasteiger partial charge in [-0.2, -0.15) is 0 Å². The van der Waals surface area contributed by atoms with Crippen LogP contribution in [0.3, 0.4) is 0 Å². The zero-order chi connectivity index (χ0) is 13.8. The molecule has 2 unspecified atom stereocenters. The number of nitro benzene ring substituents is 1. The van der Waals surface area contributed by atoms with Crippen LogP contribution < -0.4 is 5.32 Å². The van der Waals surface area contributed by atoms with Crippen molar-refractivity contribution in [3.8, 4) is 0 Å². The van der Waals surface area contributed by atoms with Crippen LogP contribution in [0.1, 0.15) is 39.0 Å². The second-order valence-electron chi connectivity index (χ2n) is 5.37. The smallest absolute Gasteiger partial charge is 0.292 e. The number of hydrogen-bond acceptors (Lipinski definition) is 3. The largest absolute Gasteiger partial charge is 0.377 e. The molecule has 0 amide bonds. The highest BCUT2D eigenvalue weighted by Gasteiger charge is 2.20. The predicted molar refractivity (Wildman–Crippen MR) is 80.5 cm³/mol. The van der Waals surface area contributed by atoms with Crippen LogP contribution in [0.15, 0.2) is 22.7 Å². The Morgan fingerprint density at radius 1 is 1.32 bits per heavy atom. The lowest BCUT2D eigenvalue weighted by Gasteiger charge is -2.18. The fourth-order valence-electron chi connectivity index (χ4n) is 2.63. The van der Waals surface area contributed by atoms with Crippen molar-refractivity contribution >= 4 is 27.3 Å². The van der Waals surface area contributed by atoms with Crippen molar-refractivity contribution in [1.82, 2.24) is 0 Å². The molecule has 104 valence electrons. The molecule has 0 spiro atoms. The van der Waals surface area contributed by atoms with Crippen molar-refractivity contribution in [1.29, 1.82) is 0 Å². The van der Waals surface area contributed by atoms with Crippen molar-refractivity contribution < 1.29 is 4.92 Å². The van der Waals surface area contributed by atoms with E-state index in [1.54, 1.807) is 18.2 Å². The number of nitro groups is 1. The Hall–Kier alpha value is -1.10. The first-order valence-corrected chi connectivity index (χ1v) is 7.56. The zero-order valence-electron chi connectivity index (χ0n) is 11.1. The quantitative estimate of drug-likeness (QED) is 0.496. The minimum absolute atomic E-state index is 0.153. The molecule has 0 saturated heterocycles. The van der Waals surface area contributed by atoms with Gasteiger partial charge in [-0.25, -0.2) is 0 Å². The molecule has 19 heavy (non-hydrogen) atoms. The number of nitrogens with zero attached hydrogens (tertiary/aromatic N) is 1. The monoisotopic (exact) mass is 326 g/mol. The molecule has 1 aliphatic rings. The van der Waals surface area contributed by atoms with Crippen LogP contribution in [-0.4, -0.2) is 11.0 Å². The molecular weight excluding hydrogens is 308 g/mol. The van der Waals surface area contributed by atoms with Gasteiger partial charge in [0.2, 0.25) is 0 Å². The molecule has 1 saturated carbocycles. The van der Waals surface area contributed by atoms with Gasteiger partial charge in [-0.15, -0.1) is 0 Å². The summed E-state index contributed by atoms with van der Waals surface area (Å²) in [6.45, 7) is 2.28. The summed E-state index contributed by atoms with van der Waals surface area (Å²) in [6.07, 6.45) is 5.83. The number of anilines is 1. The van der Waals surface area contributed by atoms with Crippen LogP contribution in [0, 0.1) is 16.0 Å². The van der Waals surface area contributed by atoms with Gasteiger partial charge in [-0.05, 0) is 37.3 Å². The number of hydrogen-bond donors (Lipinski definition) is 1. The highest BCUT2D eigenvalue weighted by molar-refractivity contribution is 9.10. The number of benzene rings is 1. The topological polar surface area (TPSA) is 55.2 Å². The lowest BCUT2D eigenvalue weighted by atomic mass is 10.0. The maximum absolute atomic E-state index is 11.0. The Morgan fingerprint density at radius 2 is 2.11 bits per heavy atom. The van der Waals surface area contributed by atoms with E-state index >= 15 is 0 Å². The summed E-state index contributed by atoms with van der Waals surface area (Å²) >= 11 is 3.37. The Morgan fingerprint density at radius 3 is 2.84 bits per heavy atom. The zero-order valence-corrected chi connectivity index (χ0v) is 12.6. The van der Waals surface area contributed by atoms with E-state index in [2.05, 4.69) is 28.2 Å². The van der Waals surface area contributed by atoms with Crippen LogP contribution in [0.5, 0.6) is 0 Å². The highest BCUT2D eigenvalue weighted by atomic mass is 79.9. The summed E-state index contributed by atoms with van der Waals surface area (Å²) in [5, 5.41) is 14.4. The van der Waals surface area contributed by atoms with Gasteiger partial charge in [0, 0.05) is 16.6 Å². The molecule has 2 atom stereocenters. The van der Waals surface area contributed by atoms with Gasteiger partial charge in [-0.1, -0.05) is 35.7 Å². The first-order valence-electron chi connectivity index (χ1n) is 6.76. The van der Waals surface area contributed by atoms with Gasteiger partial charge in [0.05, 0.1) is 4.92 Å². The number of nitrogens with one attached hydrogen (secondary N) is 1. The minimum Gasteiger partial charge on any atom is -0.377 e. The van der Waals surface area contributed by atoms with Gasteiger partial charge < -0.3 is 5.32 Å². The molecule has 0 heterocycles. The summed E-state index contributed by atoms with van der Waals surface area (Å²) in [7, 11) is 0. The van der Waals surface area contributed by atoms with E-state index in [-0.39, 0.29) is 10.6 Å². The highest BCUT2D eigenvalue weighted by Crippen LogP contribution is 2.31. The molecule has 1 N–H and O–H groups in total. The lowest BCUT2D eigenvalue weighted by Crippen LogP contribution is -2.19. The van der Waals surface area contributed by atoms with E-state index in [9.17, 15) is 10.1 Å². The third kappa shape index (κ3) is 3.93. The summed E-state index contributed by atoms with van der Waals surface area (Å²) in [5.41, 5.74) is 0.777. The van der Waals surface area contributed by atoms with Gasteiger partial charge in [-0.3, -0.25) is 10.1 Å². The van der Waals surface area contributed by atoms with E-state index in [0.717, 1.165) is 23.2 Å². The second kappa shape index (κ2) is 6.37. The van der Waals surface area contributed by atoms with Crippen LogP contribution in [-0.2, 0) is 0 Å². The first-order chi connectivity index (χ1) is 9.06. The summed E-state index contributed by atoms with van der Waals surface area (Å²) in [6, 6.07) is 5.40. The van der Waals surface area contributed by atoms with Crippen molar-refractivity contribution in [3.05, 3.63) is 32.8 Å². The van der Waals surface area contributed by atoms with Crippen LogP contribution in [0.4, 0.5) is 11.4 Å². The van der Waals surface area contributed by atoms with E-state index in [0.29, 0.717) is 11.7 Å². The molecule has 0 aliphatic heterocycles. The van der Waals surface area contributed by atoms with Crippen LogP contribution in [0.25, 0.3) is 0 Å². The molecule has 1 aromatic carbocycles. The molecule has 5 heteroatoms. The average Bonchev–Trinajstić information content (AvgIpc) is 2.54. The maximum atomic E-state index is 11.0. The lowest BCUT2D eigenvalue weighted by molar-refractivity contribution is -0.384. The summed E-state index contributed by atoms with van der Waals surface area (Å²) in [4.78, 5) is 10.7. The van der Waals surface area contributed by atoms with E-state index in [1.807, 2.05) is 0 Å². The summed E-state index contributed by atoms with van der Waals surface area (Å²) < 4.78 is 0.864. The van der Waals surface area contributed by atoms with Crippen molar-refractivity contribution in [2.24, 2.45) is 5.92 Å². The number of halogens is 1. The third-order valence-electron chi connectivity index (χ3n) is 3.77. The molecule has 0 aromatic heterocycles. The molecule has 2 rings (SSSR count). The Balaban J connectivity index is 2.13. The Kier molecular flexibility index (Phi) is 4.80. The van der Waals surface area contributed by atoms with E-state index < -0.39 is 0 Å². The number of rotatable bonds is 3. The molecule has 1 aliphatic carbocycles. The maximum Gasteiger partial charge on any atom is 0.292 e. The Bertz CT molecular complexity index is 465. The fourth-order valence-corrected chi connectivity index (χ4v) is 3.00. The molecule has 0 bridgehead atoms. The van der Waals surface area contributed by atoms with Crippen molar-refractivity contribution in [3.63, 3.8) is 0 Å². The average molecular weight is 327 g/mol. The second-order valence-corrected chi connectivity index (χ2v) is 6.29. The van der Waals surface area contributed by atoms with Crippen LogP contribution >= 0.6 is 15.9 Å². The van der Waals surface area contributed by atoms with Crippen molar-refractivity contribution in [2.75, 3.05) is 5.32 Å². The fraction of sp³-hybridized carbons (Fsp3) is 0.571. The normalized spacial score (nSPS) is 23.7. The van der Waals surface area contributed by atoms with E-state index in [4.69, 9.17) is 0 Å². The van der Waals surface area contributed by atoms with Gasteiger partial charge in [0.1, 0.15) is 5.69 Å². The molecule has 4 nitrogen and oxygen atoms in total. The molecule has 1 aromatic rings. The van der Waals surface area contributed by atoms with Gasteiger partial charge in [0.15, 0.2) is 0 Å². The SMILES string of the molecule is CC1CCCC(Nc2cc(Br)ccc2[N+](=O)[O-])CC1. The third-order valence-corrected chi connectivity index (χ3v) is 4.27. The Labute approximate surface area is 121 Å². The molecule has 1 fully saturated rings.